The highest BCUT2D eigenvalue weighted by molar-refractivity contribution is 6.73. The molecule has 2 unspecified atom stereocenters. The number of rotatable bonds is 10. The third-order valence-corrected chi connectivity index (χ3v) is 12.5. The summed E-state index contributed by atoms with van der Waals surface area (Å²) in [6.45, 7) is 4.22. The van der Waals surface area contributed by atoms with E-state index in [9.17, 15) is 4.80 Å². The van der Waals surface area contributed by atoms with Crippen molar-refractivity contribution in [3.8, 4) is 0 Å². The molecule has 1 N–H and O–H groups in total. The van der Waals surface area contributed by atoms with E-state index in [0.717, 1.165) is 37.8 Å². The Bertz CT molecular complexity index is 1160. The summed E-state index contributed by atoms with van der Waals surface area (Å²) in [7, 11) is -3.97. The molecule has 166 valence electrons. The van der Waals surface area contributed by atoms with Crippen molar-refractivity contribution in [2.45, 2.75) is 50.9 Å². The number of fused-ring (bicyclic) bond motifs is 2. The molecule has 2 atom stereocenters. The molecule has 2 nitrogen and oxygen atoms in total. The molecule has 0 aromatic heterocycles. The van der Waals surface area contributed by atoms with E-state index in [1.54, 1.807) is 0 Å². The first-order valence-electron chi connectivity index (χ1n) is 11.9. The van der Waals surface area contributed by atoms with Crippen molar-refractivity contribution in [3.05, 3.63) is 96.1 Å². The van der Waals surface area contributed by atoms with E-state index in [1.807, 2.05) is 6.55 Å². The zero-order chi connectivity index (χ0) is 22.4. The Balaban J connectivity index is 1.24. The van der Waals surface area contributed by atoms with E-state index >= 15 is 0 Å². The number of benzene rings is 4. The molecule has 0 heterocycles. The highest BCUT2D eigenvalue weighted by Gasteiger charge is 2.28. The standard InChI is InChI=1S/C28H34O2Si2/c1-31(21-9-17-25-15-7-13-23-11-3-5-19-27(23)25)30-32(2,29)22-10-18-26-16-8-14-24-12-4-6-20-28(24)26/h3-8,11-16,19-20,29,31H,9-10,17-18,21-22H2,1-2H3. The highest BCUT2D eigenvalue weighted by atomic mass is 28.4. The fourth-order valence-corrected chi connectivity index (χ4v) is 10.8. The van der Waals surface area contributed by atoms with Crippen molar-refractivity contribution in [2.75, 3.05) is 0 Å². The fourth-order valence-electron chi connectivity index (χ4n) is 4.76. The average Bonchev–Trinajstić information content (AvgIpc) is 2.79. The maximum absolute atomic E-state index is 11.0. The lowest BCUT2D eigenvalue weighted by Crippen LogP contribution is -2.39. The molecule has 32 heavy (non-hydrogen) atoms. The molecule has 0 radical (unpaired) electrons. The van der Waals surface area contributed by atoms with Gasteiger partial charge in [0, 0.05) is 0 Å². The van der Waals surface area contributed by atoms with E-state index in [4.69, 9.17) is 4.12 Å². The van der Waals surface area contributed by atoms with Gasteiger partial charge in [-0.15, -0.1) is 0 Å². The first kappa shape index (κ1) is 22.9. The zero-order valence-corrected chi connectivity index (χ0v) is 21.4. The maximum atomic E-state index is 11.0. The minimum absolute atomic E-state index is 0.802. The Kier molecular flexibility index (Phi) is 7.58. The van der Waals surface area contributed by atoms with Gasteiger partial charge in [0.25, 0.3) is 0 Å². The molecule has 0 aliphatic rings. The van der Waals surface area contributed by atoms with Crippen LogP contribution in [0.2, 0.25) is 25.2 Å². The van der Waals surface area contributed by atoms with Gasteiger partial charge in [0.2, 0.25) is 0 Å². The molecular formula is C28H34O2Si2. The van der Waals surface area contributed by atoms with Gasteiger partial charge in [-0.3, -0.25) is 0 Å². The molecule has 0 aliphatic carbocycles. The van der Waals surface area contributed by atoms with Crippen LogP contribution in [0.3, 0.4) is 0 Å². The zero-order valence-electron chi connectivity index (χ0n) is 19.3. The maximum Gasteiger partial charge on any atom is 0.321 e. The van der Waals surface area contributed by atoms with Crippen molar-refractivity contribution in [2.24, 2.45) is 0 Å². The second kappa shape index (κ2) is 10.6. The molecule has 4 aromatic rings. The molecule has 4 aromatic carbocycles. The Labute approximate surface area is 194 Å². The van der Waals surface area contributed by atoms with Gasteiger partial charge in [-0.2, -0.15) is 0 Å². The molecule has 0 fully saturated rings. The first-order chi connectivity index (χ1) is 15.5. The monoisotopic (exact) mass is 458 g/mol. The summed E-state index contributed by atoms with van der Waals surface area (Å²) >= 11 is 0. The van der Waals surface area contributed by atoms with Crippen LogP contribution in [-0.2, 0) is 17.0 Å². The average molecular weight is 459 g/mol. The Morgan fingerprint density at radius 2 is 1.22 bits per heavy atom. The fraction of sp³-hybridized carbons (Fsp3) is 0.286. The van der Waals surface area contributed by atoms with Gasteiger partial charge in [0.15, 0.2) is 9.04 Å². The molecule has 4 heteroatoms. The minimum Gasteiger partial charge on any atom is -0.439 e. The second-order valence-corrected chi connectivity index (χ2v) is 15.1. The van der Waals surface area contributed by atoms with E-state index in [1.165, 1.54) is 32.7 Å². The number of hydrogen-bond donors (Lipinski definition) is 1. The van der Waals surface area contributed by atoms with E-state index in [2.05, 4.69) is 91.5 Å². The SMILES string of the molecule is C[SiH](CCCc1cccc2ccccc12)O[Si](C)(O)CCCc1cccc2ccccc12. The largest absolute Gasteiger partial charge is 0.439 e. The summed E-state index contributed by atoms with van der Waals surface area (Å²) < 4.78 is 6.32. The Morgan fingerprint density at radius 1 is 0.719 bits per heavy atom. The van der Waals surface area contributed by atoms with E-state index in [0.29, 0.717) is 0 Å². The molecule has 0 spiro atoms. The van der Waals surface area contributed by atoms with Crippen LogP contribution < -0.4 is 0 Å². The smallest absolute Gasteiger partial charge is 0.321 e. The highest BCUT2D eigenvalue weighted by Crippen LogP contribution is 2.23. The van der Waals surface area contributed by atoms with Crippen LogP contribution in [-0.4, -0.2) is 22.4 Å². The van der Waals surface area contributed by atoms with Gasteiger partial charge in [-0.05, 0) is 83.5 Å². The predicted octanol–water partition coefficient (Wildman–Crippen LogP) is 6.99. The number of aryl methyl sites for hydroxylation is 2. The molecule has 0 saturated heterocycles. The van der Waals surface area contributed by atoms with Crippen LogP contribution in [0.4, 0.5) is 0 Å². The Morgan fingerprint density at radius 3 is 1.81 bits per heavy atom. The quantitative estimate of drug-likeness (QED) is 0.259. The van der Waals surface area contributed by atoms with Gasteiger partial charge in [0.05, 0.1) is 0 Å². The van der Waals surface area contributed by atoms with E-state index in [-0.39, 0.29) is 0 Å². The second-order valence-electron chi connectivity index (χ2n) is 9.13. The minimum atomic E-state index is -2.60. The van der Waals surface area contributed by atoms with Crippen LogP contribution >= 0.6 is 0 Å². The molecule has 0 amide bonds. The summed E-state index contributed by atoms with van der Waals surface area (Å²) in [6.07, 6.45) is 4.17. The van der Waals surface area contributed by atoms with Gasteiger partial charge in [0.1, 0.15) is 0 Å². The summed E-state index contributed by atoms with van der Waals surface area (Å²) in [5, 5.41) is 5.29. The summed E-state index contributed by atoms with van der Waals surface area (Å²) in [4.78, 5) is 11.0. The summed E-state index contributed by atoms with van der Waals surface area (Å²) in [6, 6.07) is 32.2. The van der Waals surface area contributed by atoms with E-state index < -0.39 is 17.6 Å². The van der Waals surface area contributed by atoms with Crippen LogP contribution in [0.25, 0.3) is 21.5 Å². The lowest BCUT2D eigenvalue weighted by Gasteiger charge is -2.25. The lowest BCUT2D eigenvalue weighted by molar-refractivity contribution is 0.380. The van der Waals surface area contributed by atoms with Crippen molar-refractivity contribution < 1.29 is 8.91 Å². The Hall–Kier alpha value is -2.25. The van der Waals surface area contributed by atoms with Gasteiger partial charge in [-0.1, -0.05) is 84.9 Å². The molecule has 0 aliphatic heterocycles. The van der Waals surface area contributed by atoms with Crippen molar-refractivity contribution in [1.82, 2.24) is 0 Å². The summed E-state index contributed by atoms with van der Waals surface area (Å²) in [5.41, 5.74) is 2.79. The first-order valence-corrected chi connectivity index (χ1v) is 16.9. The van der Waals surface area contributed by atoms with Gasteiger partial charge >= 0.3 is 8.56 Å². The van der Waals surface area contributed by atoms with Crippen LogP contribution in [0.1, 0.15) is 24.0 Å². The van der Waals surface area contributed by atoms with Crippen molar-refractivity contribution >= 4 is 39.1 Å². The normalized spacial score (nSPS) is 14.5. The van der Waals surface area contributed by atoms with Gasteiger partial charge < -0.3 is 8.91 Å². The third-order valence-electron chi connectivity index (χ3n) is 6.36. The number of hydrogen-bond acceptors (Lipinski definition) is 2. The lowest BCUT2D eigenvalue weighted by atomic mass is 10.0. The molecule has 0 bridgehead atoms. The predicted molar refractivity (Wildman–Crippen MR) is 142 cm³/mol. The van der Waals surface area contributed by atoms with Crippen LogP contribution in [0.5, 0.6) is 0 Å². The molecular weight excluding hydrogens is 424 g/mol. The van der Waals surface area contributed by atoms with Gasteiger partial charge in [-0.25, -0.2) is 0 Å². The third kappa shape index (κ3) is 5.96. The van der Waals surface area contributed by atoms with Crippen LogP contribution in [0, 0.1) is 0 Å². The van der Waals surface area contributed by atoms with Crippen molar-refractivity contribution in [3.63, 3.8) is 0 Å². The molecule has 0 saturated carbocycles. The molecule has 4 rings (SSSR count). The topological polar surface area (TPSA) is 29.5 Å². The van der Waals surface area contributed by atoms with Crippen molar-refractivity contribution in [1.29, 1.82) is 0 Å². The summed E-state index contributed by atoms with van der Waals surface area (Å²) in [5.74, 6) is 0. The van der Waals surface area contributed by atoms with Crippen LogP contribution in [0.15, 0.2) is 84.9 Å².